The van der Waals surface area contributed by atoms with Gasteiger partial charge in [-0.2, -0.15) is 18.3 Å². The van der Waals surface area contributed by atoms with Gasteiger partial charge in [-0.25, -0.2) is 0 Å². The van der Waals surface area contributed by atoms with E-state index in [0.717, 1.165) is 128 Å². The van der Waals surface area contributed by atoms with Crippen LogP contribution in [-0.4, -0.2) is 22.8 Å². The maximum atomic E-state index is 2.41. The monoisotopic (exact) mass is 1770 g/mol. The SMILES string of the molecule is C1=CC(=[N+](c2ccc(N(c3ccccc3)c3ccccc3)cc2)c2ccc(N(c3ccccc3)c3ccccc3)cc2)C=CC1=[N+](c1ccc(N(c2ccccc2)c2ccccc2)cc1)c1ccc(N(c2ccccc2)c2ccccc2)cc1.CCCCCc1ccc([N+](=C2C=CC(=[N+](c3ccc(CCCCC)cc3)c3ccc(CCCCC)cc3)C=C2)c2ccc(CCCCC)cc2)cc1. The average molecular weight is 1770 g/mol. The number of allylic oxidation sites excluding steroid dienone is 8. The first-order valence-corrected chi connectivity index (χ1v) is 49.1. The molecule has 0 aliphatic heterocycles. The first-order chi connectivity index (χ1) is 67.3. The molecule has 2 aliphatic rings. The molecule has 8 nitrogen and oxygen atoms in total. The fourth-order valence-electron chi connectivity index (χ4n) is 18.3. The minimum atomic E-state index is 1.01. The lowest BCUT2D eigenvalue weighted by molar-refractivity contribution is 0.717. The molecule has 0 radical (unpaired) electrons. The number of hydrogen-bond donors (Lipinski definition) is 0. The van der Waals surface area contributed by atoms with E-state index in [1.165, 1.54) is 133 Å². The highest BCUT2D eigenvalue weighted by Gasteiger charge is 2.30. The van der Waals surface area contributed by atoms with E-state index in [1.54, 1.807) is 0 Å². The van der Waals surface area contributed by atoms with Gasteiger partial charge in [0, 0.05) is 214 Å². The lowest BCUT2D eigenvalue weighted by atomic mass is 10.0. The molecule has 0 N–H and O–H groups in total. The Bertz CT molecular complexity index is 5760. The molecule has 0 atom stereocenters. The number of benzene rings is 16. The normalized spacial score (nSPS) is 12.0. The minimum absolute atomic E-state index is 1.01. The highest BCUT2D eigenvalue weighted by molar-refractivity contribution is 6.22. The van der Waals surface area contributed by atoms with E-state index >= 15 is 0 Å². The summed E-state index contributed by atoms with van der Waals surface area (Å²) in [6.07, 6.45) is 37.9. The van der Waals surface area contributed by atoms with Crippen LogP contribution in [0.1, 0.15) is 127 Å². The summed E-state index contributed by atoms with van der Waals surface area (Å²) < 4.78 is 9.52. The van der Waals surface area contributed by atoms with Gasteiger partial charge in [-0.15, -0.1) is 0 Å². The van der Waals surface area contributed by atoms with E-state index in [9.17, 15) is 0 Å². The Labute approximate surface area is 807 Å². The van der Waals surface area contributed by atoms with Crippen molar-refractivity contribution in [2.75, 3.05) is 19.6 Å². The number of unbranched alkanes of at least 4 members (excludes halogenated alkanes) is 8. The smallest absolute Gasteiger partial charge is 0.212 e. The Morgan fingerprint density at radius 2 is 0.265 bits per heavy atom. The summed E-state index contributed by atoms with van der Waals surface area (Å²) in [5.41, 5.74) is 31.8. The fraction of sp³-hybridized carbons (Fsp3) is 0.156. The molecule has 0 amide bonds. The second-order valence-corrected chi connectivity index (χ2v) is 35.0. The van der Waals surface area contributed by atoms with E-state index in [4.69, 9.17) is 0 Å². The highest BCUT2D eigenvalue weighted by Crippen LogP contribution is 2.43. The molecule has 0 aromatic heterocycles. The van der Waals surface area contributed by atoms with Gasteiger partial charge in [0.25, 0.3) is 0 Å². The zero-order chi connectivity index (χ0) is 92.7. The topological polar surface area (TPSA) is 25.0 Å². The van der Waals surface area contributed by atoms with Crippen molar-refractivity contribution in [2.24, 2.45) is 0 Å². The van der Waals surface area contributed by atoms with Crippen molar-refractivity contribution in [3.63, 3.8) is 0 Å². The second-order valence-electron chi connectivity index (χ2n) is 35.0. The Kier molecular flexibility index (Phi) is 32.0. The van der Waals surface area contributed by atoms with Crippen molar-refractivity contribution in [1.29, 1.82) is 0 Å². The zero-order valence-corrected chi connectivity index (χ0v) is 79.1. The van der Waals surface area contributed by atoms with Crippen LogP contribution in [0.4, 0.5) is 114 Å². The van der Waals surface area contributed by atoms with Gasteiger partial charge in [0.1, 0.15) is 0 Å². The molecular formula is C128H124N8+4. The number of hydrogen-bond acceptors (Lipinski definition) is 4. The molecule has 136 heavy (non-hydrogen) atoms. The van der Waals surface area contributed by atoms with Crippen molar-refractivity contribution in [3.05, 3.63) is 508 Å². The number of nitrogens with zero attached hydrogens (tertiary/aromatic N) is 8. The lowest BCUT2D eigenvalue weighted by Crippen LogP contribution is -2.20. The average Bonchev–Trinajstić information content (AvgIpc) is 0.780. The lowest BCUT2D eigenvalue weighted by Gasteiger charge is -2.25. The number of rotatable bonds is 36. The molecule has 18 rings (SSSR count). The third kappa shape index (κ3) is 23.3. The summed E-state index contributed by atoms with van der Waals surface area (Å²) in [4.78, 5) is 9.20. The first-order valence-electron chi connectivity index (χ1n) is 49.1. The quantitative estimate of drug-likeness (QED) is 0.0222. The van der Waals surface area contributed by atoms with Gasteiger partial charge in [0.05, 0.1) is 0 Å². The standard InChI is InChI=1S/C78H60N6.C50H64N2/c1-9-25-61(26-10-1)79(62-27-11-2-12-28-62)69-41-49-73(50-42-69)83(74-51-43-70(44-52-74)80(63-29-13-3-14-30-63)64-31-15-4-16-32-64)77-57-59-78(60-58-77)84(75-53-45-71(46-54-75)81(65-33-17-5-18-34-65)66-35-19-6-20-36-66)76-55-47-72(48-56-76)82(67-37-21-7-22-38-67)68-39-23-8-24-40-68;1-5-9-13-17-41-21-29-45(30-22-41)51(46-31-23-42(24-32-46)18-14-10-6-2)49-37-39-50(40-38-49)52(47-33-25-43(26-34-47)19-15-11-7-3)48-35-27-44(28-36-48)20-16-12-8-4/h1-60H;21-40H,5-20H2,1-4H3/q2*+2. The summed E-state index contributed by atoms with van der Waals surface area (Å²) in [5.74, 6) is 0. The van der Waals surface area contributed by atoms with E-state index in [-0.39, 0.29) is 0 Å². The molecule has 16 aromatic rings. The van der Waals surface area contributed by atoms with Crippen molar-refractivity contribution < 1.29 is 0 Å². The Morgan fingerprint density at radius 3 is 0.397 bits per heavy atom. The first kappa shape index (κ1) is 92.2. The van der Waals surface area contributed by atoms with E-state index in [0.29, 0.717) is 0 Å². The van der Waals surface area contributed by atoms with Crippen LogP contribution in [0.2, 0.25) is 0 Å². The summed E-state index contributed by atoms with van der Waals surface area (Å²) >= 11 is 0. The molecule has 0 saturated carbocycles. The van der Waals surface area contributed by atoms with Gasteiger partial charge >= 0.3 is 0 Å². The Morgan fingerprint density at radius 1 is 0.140 bits per heavy atom. The number of aryl methyl sites for hydroxylation is 4. The molecule has 672 valence electrons. The van der Waals surface area contributed by atoms with Crippen LogP contribution in [0.25, 0.3) is 0 Å². The van der Waals surface area contributed by atoms with Crippen LogP contribution < -0.4 is 37.9 Å². The number of para-hydroxylation sites is 8. The molecule has 0 saturated heterocycles. The maximum absolute atomic E-state index is 2.41. The molecule has 2 aliphatic carbocycles. The van der Waals surface area contributed by atoms with E-state index < -0.39 is 0 Å². The molecule has 0 heterocycles. The van der Waals surface area contributed by atoms with Crippen LogP contribution >= 0.6 is 0 Å². The Hall–Kier alpha value is -15.6. The largest absolute Gasteiger partial charge is 0.310 e. The zero-order valence-electron chi connectivity index (χ0n) is 79.1. The van der Waals surface area contributed by atoms with Gasteiger partial charge in [0.2, 0.25) is 68.3 Å². The highest BCUT2D eigenvalue weighted by atomic mass is 15.2. The minimum Gasteiger partial charge on any atom is -0.310 e. The summed E-state index contributed by atoms with van der Waals surface area (Å²) in [6.45, 7) is 9.10. The maximum Gasteiger partial charge on any atom is 0.212 e. The van der Waals surface area contributed by atoms with Gasteiger partial charge in [0.15, 0.2) is 0 Å². The van der Waals surface area contributed by atoms with Crippen molar-refractivity contribution in [1.82, 2.24) is 18.3 Å². The van der Waals surface area contributed by atoms with Crippen LogP contribution in [0.5, 0.6) is 0 Å². The van der Waals surface area contributed by atoms with Crippen LogP contribution in [-0.2, 0) is 25.7 Å². The molecule has 16 aromatic carbocycles. The van der Waals surface area contributed by atoms with Crippen LogP contribution in [0.15, 0.2) is 485 Å². The second kappa shape index (κ2) is 47.1. The van der Waals surface area contributed by atoms with E-state index in [1.807, 2.05) is 0 Å². The number of anilines is 12. The Balaban J connectivity index is 0.000000212. The fourth-order valence-corrected chi connectivity index (χ4v) is 18.3. The molecule has 8 heteroatoms. The van der Waals surface area contributed by atoms with Crippen molar-refractivity contribution in [2.45, 2.75) is 130 Å². The predicted molar refractivity (Wildman–Crippen MR) is 586 cm³/mol. The van der Waals surface area contributed by atoms with Crippen molar-refractivity contribution in [3.8, 4) is 0 Å². The van der Waals surface area contributed by atoms with Crippen LogP contribution in [0, 0.1) is 0 Å². The van der Waals surface area contributed by atoms with Gasteiger partial charge in [-0.3, -0.25) is 0 Å². The van der Waals surface area contributed by atoms with Gasteiger partial charge in [-0.1, -0.05) is 273 Å². The van der Waals surface area contributed by atoms with Crippen LogP contribution in [0.3, 0.4) is 0 Å². The molecule has 0 spiro atoms. The third-order valence-electron chi connectivity index (χ3n) is 25.4. The van der Waals surface area contributed by atoms with Gasteiger partial charge < -0.3 is 19.6 Å². The van der Waals surface area contributed by atoms with Gasteiger partial charge in [-0.05, 0) is 219 Å². The molecule has 0 fully saturated rings. The summed E-state index contributed by atoms with van der Waals surface area (Å²) in [6, 6.07) is 157. The third-order valence-corrected chi connectivity index (χ3v) is 25.4. The molecule has 0 unspecified atom stereocenters. The molecular weight excluding hydrogens is 1650 g/mol. The van der Waals surface area contributed by atoms with E-state index in [2.05, 4.69) is 551 Å². The molecule has 0 bridgehead atoms. The van der Waals surface area contributed by atoms with Crippen molar-refractivity contribution >= 4 is 137 Å². The predicted octanol–water partition coefficient (Wildman–Crippen LogP) is 34.9. The summed E-state index contributed by atoms with van der Waals surface area (Å²) in [7, 11) is 0. The summed E-state index contributed by atoms with van der Waals surface area (Å²) in [5, 5.41) is 0.